The van der Waals surface area contributed by atoms with Crippen molar-refractivity contribution in [3.05, 3.63) is 87.4 Å². The van der Waals surface area contributed by atoms with Crippen LogP contribution in [0.1, 0.15) is 21.5 Å². The fourth-order valence-electron chi connectivity index (χ4n) is 3.37. The Morgan fingerprint density at radius 1 is 0.875 bits per heavy atom. The summed E-state index contributed by atoms with van der Waals surface area (Å²) in [5.74, 6) is 1.76. The minimum Gasteiger partial charge on any atom is -0.497 e. The molecule has 32 heavy (non-hydrogen) atoms. The van der Waals surface area contributed by atoms with Crippen LogP contribution >= 0.6 is 23.2 Å². The topological polar surface area (TPSA) is 48.0 Å². The molecule has 5 nitrogen and oxygen atoms in total. The minimum atomic E-state index is -0.108. The van der Waals surface area contributed by atoms with Crippen molar-refractivity contribution in [2.24, 2.45) is 0 Å². The number of carbonyl (C=O) groups is 1. The zero-order valence-electron chi connectivity index (χ0n) is 18.2. The van der Waals surface area contributed by atoms with Gasteiger partial charge < -0.3 is 19.1 Å². The van der Waals surface area contributed by atoms with Gasteiger partial charge >= 0.3 is 0 Å². The summed E-state index contributed by atoms with van der Waals surface area (Å²) < 4.78 is 16.0. The number of carbonyl (C=O) groups excluding carboxylic acids is 1. The largest absolute Gasteiger partial charge is 0.497 e. The van der Waals surface area contributed by atoms with Gasteiger partial charge in [0.2, 0.25) is 0 Å². The fraction of sp³-hybridized carbons (Fsp3) is 0.240. The van der Waals surface area contributed by atoms with Gasteiger partial charge in [0, 0.05) is 28.7 Å². The number of halogens is 2. The molecule has 0 atom stereocenters. The molecule has 0 saturated heterocycles. The SMILES string of the molecule is COc1cccc(C(=O)N(CCc2ccc(Cl)cc2Cl)Cc2ccc(OC)c(OC)c2)c1. The van der Waals surface area contributed by atoms with Gasteiger partial charge in [-0.25, -0.2) is 0 Å². The molecule has 7 heteroatoms. The molecule has 1 amide bonds. The highest BCUT2D eigenvalue weighted by Crippen LogP contribution is 2.29. The van der Waals surface area contributed by atoms with Crippen LogP contribution in [0.25, 0.3) is 0 Å². The van der Waals surface area contributed by atoms with Crippen LogP contribution in [-0.2, 0) is 13.0 Å². The van der Waals surface area contributed by atoms with E-state index in [1.165, 1.54) is 0 Å². The molecule has 0 aliphatic carbocycles. The van der Waals surface area contributed by atoms with Crippen LogP contribution in [0.2, 0.25) is 10.0 Å². The molecule has 3 rings (SSSR count). The zero-order chi connectivity index (χ0) is 23.1. The van der Waals surface area contributed by atoms with Gasteiger partial charge in [0.1, 0.15) is 5.75 Å². The van der Waals surface area contributed by atoms with Crippen molar-refractivity contribution in [3.63, 3.8) is 0 Å². The Kier molecular flexibility index (Phi) is 8.26. The van der Waals surface area contributed by atoms with Gasteiger partial charge in [-0.15, -0.1) is 0 Å². The van der Waals surface area contributed by atoms with Gasteiger partial charge in [0.25, 0.3) is 5.91 Å². The summed E-state index contributed by atoms with van der Waals surface area (Å²) in [4.78, 5) is 15.2. The number of benzene rings is 3. The number of hydrogen-bond acceptors (Lipinski definition) is 4. The second kappa shape index (κ2) is 11.1. The maximum atomic E-state index is 13.4. The van der Waals surface area contributed by atoms with E-state index in [1.807, 2.05) is 30.3 Å². The lowest BCUT2D eigenvalue weighted by Gasteiger charge is -2.24. The summed E-state index contributed by atoms with van der Waals surface area (Å²) in [6, 6.07) is 18.1. The molecule has 0 N–H and O–H groups in total. The van der Waals surface area contributed by atoms with Crippen molar-refractivity contribution in [1.82, 2.24) is 4.90 Å². The second-order valence-electron chi connectivity index (χ2n) is 7.13. The third-order valence-electron chi connectivity index (χ3n) is 5.09. The van der Waals surface area contributed by atoms with Gasteiger partial charge in [0.05, 0.1) is 21.3 Å². The second-order valence-corrected chi connectivity index (χ2v) is 7.98. The Morgan fingerprint density at radius 3 is 2.34 bits per heavy atom. The third kappa shape index (κ3) is 5.87. The first kappa shape index (κ1) is 23.8. The summed E-state index contributed by atoms with van der Waals surface area (Å²) in [7, 11) is 4.75. The minimum absolute atomic E-state index is 0.108. The van der Waals surface area contributed by atoms with Crippen molar-refractivity contribution in [3.8, 4) is 17.2 Å². The van der Waals surface area contributed by atoms with E-state index in [9.17, 15) is 4.79 Å². The molecule has 3 aromatic carbocycles. The molecular weight excluding hydrogens is 449 g/mol. The molecule has 0 unspecified atom stereocenters. The Hall–Kier alpha value is -2.89. The van der Waals surface area contributed by atoms with E-state index in [0.29, 0.717) is 52.4 Å². The molecule has 0 bridgehead atoms. The maximum absolute atomic E-state index is 13.4. The molecule has 0 fully saturated rings. The highest BCUT2D eigenvalue weighted by atomic mass is 35.5. The predicted molar refractivity (Wildman–Crippen MR) is 127 cm³/mol. The normalized spacial score (nSPS) is 10.5. The number of ether oxygens (including phenoxy) is 3. The molecule has 0 aliphatic rings. The first-order chi connectivity index (χ1) is 15.4. The quantitative estimate of drug-likeness (QED) is 0.387. The molecule has 0 spiro atoms. The molecule has 0 aliphatic heterocycles. The van der Waals surface area contributed by atoms with Crippen LogP contribution in [0, 0.1) is 0 Å². The molecule has 0 radical (unpaired) electrons. The summed E-state index contributed by atoms with van der Waals surface area (Å²) >= 11 is 12.4. The Labute approximate surface area is 198 Å². The number of amides is 1. The van der Waals surface area contributed by atoms with Crippen LogP contribution in [0.5, 0.6) is 17.2 Å². The zero-order valence-corrected chi connectivity index (χ0v) is 19.7. The van der Waals surface area contributed by atoms with E-state index in [1.54, 1.807) is 56.6 Å². The summed E-state index contributed by atoms with van der Waals surface area (Å²) in [6.07, 6.45) is 0.582. The highest BCUT2D eigenvalue weighted by Gasteiger charge is 2.18. The fourth-order valence-corrected chi connectivity index (χ4v) is 3.87. The summed E-state index contributed by atoms with van der Waals surface area (Å²) in [5, 5.41) is 1.16. The molecule has 168 valence electrons. The summed E-state index contributed by atoms with van der Waals surface area (Å²) in [6.45, 7) is 0.855. The van der Waals surface area contributed by atoms with Gasteiger partial charge in [-0.2, -0.15) is 0 Å². The van der Waals surface area contributed by atoms with Crippen molar-refractivity contribution < 1.29 is 19.0 Å². The van der Waals surface area contributed by atoms with Crippen LogP contribution in [0.4, 0.5) is 0 Å². The number of methoxy groups -OCH3 is 3. The highest BCUT2D eigenvalue weighted by molar-refractivity contribution is 6.35. The van der Waals surface area contributed by atoms with E-state index in [-0.39, 0.29) is 5.91 Å². The third-order valence-corrected chi connectivity index (χ3v) is 5.68. The number of rotatable bonds is 9. The smallest absolute Gasteiger partial charge is 0.254 e. The van der Waals surface area contributed by atoms with Gasteiger partial charge in [-0.3, -0.25) is 4.79 Å². The Morgan fingerprint density at radius 2 is 1.66 bits per heavy atom. The Bertz CT molecular complexity index is 1090. The van der Waals surface area contributed by atoms with E-state index in [0.717, 1.165) is 11.1 Å². The van der Waals surface area contributed by atoms with Crippen LogP contribution in [0.15, 0.2) is 60.7 Å². The molecule has 0 heterocycles. The lowest BCUT2D eigenvalue weighted by Crippen LogP contribution is -2.32. The lowest BCUT2D eigenvalue weighted by molar-refractivity contribution is 0.0744. The number of nitrogens with zero attached hydrogens (tertiary/aromatic N) is 1. The van der Waals surface area contributed by atoms with Crippen LogP contribution in [-0.4, -0.2) is 38.7 Å². The first-order valence-corrected chi connectivity index (χ1v) is 10.8. The van der Waals surface area contributed by atoms with Gasteiger partial charge in [0.15, 0.2) is 11.5 Å². The van der Waals surface area contributed by atoms with Crippen molar-refractivity contribution in [1.29, 1.82) is 0 Å². The van der Waals surface area contributed by atoms with Crippen LogP contribution in [0.3, 0.4) is 0 Å². The average molecular weight is 474 g/mol. The molecule has 0 saturated carbocycles. The molecule has 0 aromatic heterocycles. The van der Waals surface area contributed by atoms with Crippen molar-refractivity contribution in [2.45, 2.75) is 13.0 Å². The number of hydrogen-bond donors (Lipinski definition) is 0. The predicted octanol–water partition coefficient (Wildman–Crippen LogP) is 5.90. The van der Waals surface area contributed by atoms with E-state index < -0.39 is 0 Å². The monoisotopic (exact) mass is 473 g/mol. The van der Waals surface area contributed by atoms with Crippen LogP contribution < -0.4 is 14.2 Å². The molecule has 3 aromatic rings. The standard InChI is InChI=1S/C25H25Cl2NO4/c1-30-21-6-4-5-19(14-21)25(29)28(12-11-18-8-9-20(26)15-22(18)27)16-17-7-10-23(31-2)24(13-17)32-3/h4-10,13-15H,11-12,16H2,1-3H3. The van der Waals surface area contributed by atoms with Gasteiger partial charge in [-0.05, 0) is 60.0 Å². The van der Waals surface area contributed by atoms with Crippen molar-refractivity contribution in [2.75, 3.05) is 27.9 Å². The lowest BCUT2D eigenvalue weighted by atomic mass is 10.1. The van der Waals surface area contributed by atoms with Gasteiger partial charge in [-0.1, -0.05) is 41.4 Å². The van der Waals surface area contributed by atoms with E-state index in [2.05, 4.69) is 0 Å². The van der Waals surface area contributed by atoms with Crippen molar-refractivity contribution >= 4 is 29.1 Å². The molecular formula is C25H25Cl2NO4. The summed E-state index contributed by atoms with van der Waals surface area (Å²) in [5.41, 5.74) is 2.39. The Balaban J connectivity index is 1.88. The van der Waals surface area contributed by atoms with E-state index in [4.69, 9.17) is 37.4 Å². The average Bonchev–Trinajstić information content (AvgIpc) is 2.82. The first-order valence-electron chi connectivity index (χ1n) is 10.0. The maximum Gasteiger partial charge on any atom is 0.254 e. The van der Waals surface area contributed by atoms with E-state index >= 15 is 0 Å².